The summed E-state index contributed by atoms with van der Waals surface area (Å²) in [6.07, 6.45) is 6.18. The van der Waals surface area contributed by atoms with E-state index in [1.165, 1.54) is 0 Å². The first-order valence-electron chi connectivity index (χ1n) is 6.25. The fourth-order valence-electron chi connectivity index (χ4n) is 1.54. The lowest BCUT2D eigenvalue weighted by Gasteiger charge is -2.07. The van der Waals surface area contributed by atoms with Crippen LogP contribution in [-0.2, 0) is 5.75 Å². The maximum absolute atomic E-state index is 4.49. The molecule has 0 saturated heterocycles. The number of aromatic nitrogens is 4. The Balaban J connectivity index is 2.01. The van der Waals surface area contributed by atoms with Gasteiger partial charge < -0.3 is 5.32 Å². The molecular weight excluding hydrogens is 258 g/mol. The van der Waals surface area contributed by atoms with E-state index in [-0.39, 0.29) is 0 Å². The van der Waals surface area contributed by atoms with Crippen molar-refractivity contribution in [2.75, 3.05) is 11.9 Å². The van der Waals surface area contributed by atoms with Gasteiger partial charge in [-0.2, -0.15) is 0 Å². The normalized spacial score (nSPS) is 10.4. The van der Waals surface area contributed by atoms with Crippen molar-refractivity contribution in [1.82, 2.24) is 19.9 Å². The number of anilines is 1. The van der Waals surface area contributed by atoms with E-state index < -0.39 is 0 Å². The molecule has 0 saturated carbocycles. The van der Waals surface area contributed by atoms with E-state index in [4.69, 9.17) is 0 Å². The van der Waals surface area contributed by atoms with Gasteiger partial charge in [-0.25, -0.2) is 15.0 Å². The molecule has 2 rings (SSSR count). The molecule has 0 aliphatic carbocycles. The molecule has 19 heavy (non-hydrogen) atoms. The molecule has 0 aromatic carbocycles. The molecule has 0 spiro atoms. The molecule has 0 bridgehead atoms. The Bertz CT molecular complexity index is 518. The van der Waals surface area contributed by atoms with Crippen molar-refractivity contribution < 1.29 is 0 Å². The monoisotopic (exact) mass is 275 g/mol. The Labute approximate surface area is 117 Å². The van der Waals surface area contributed by atoms with Crippen LogP contribution in [0.25, 0.3) is 0 Å². The summed E-state index contributed by atoms with van der Waals surface area (Å²) in [5.74, 6) is 2.40. The smallest absolute Gasteiger partial charge is 0.141 e. The second-order valence-electron chi connectivity index (χ2n) is 4.07. The molecule has 0 amide bonds. The molecule has 1 N–H and O–H groups in total. The minimum atomic E-state index is 0.696. The largest absolute Gasteiger partial charge is 0.370 e. The van der Waals surface area contributed by atoms with Crippen molar-refractivity contribution in [1.29, 1.82) is 0 Å². The van der Waals surface area contributed by atoms with Crippen LogP contribution in [0.3, 0.4) is 0 Å². The van der Waals surface area contributed by atoms with Gasteiger partial charge in [0.15, 0.2) is 0 Å². The first-order chi connectivity index (χ1) is 9.28. The summed E-state index contributed by atoms with van der Waals surface area (Å²) in [7, 11) is 0. The van der Waals surface area contributed by atoms with E-state index >= 15 is 0 Å². The van der Waals surface area contributed by atoms with E-state index in [1.54, 1.807) is 30.4 Å². The zero-order valence-corrected chi connectivity index (χ0v) is 11.9. The summed E-state index contributed by atoms with van der Waals surface area (Å²) in [5, 5.41) is 4.17. The van der Waals surface area contributed by atoms with Gasteiger partial charge in [0, 0.05) is 30.7 Å². The first kappa shape index (κ1) is 13.7. The lowest BCUT2D eigenvalue weighted by atomic mass is 10.4. The van der Waals surface area contributed by atoms with Gasteiger partial charge in [-0.05, 0) is 13.3 Å². The van der Waals surface area contributed by atoms with Crippen molar-refractivity contribution in [3.8, 4) is 0 Å². The van der Waals surface area contributed by atoms with Crippen LogP contribution in [0.15, 0.2) is 29.7 Å². The van der Waals surface area contributed by atoms with Crippen LogP contribution >= 0.6 is 11.8 Å². The van der Waals surface area contributed by atoms with Crippen molar-refractivity contribution in [2.45, 2.75) is 31.0 Å². The number of thioether (sulfide) groups is 1. The Kier molecular flexibility index (Phi) is 5.09. The van der Waals surface area contributed by atoms with Crippen molar-refractivity contribution in [2.24, 2.45) is 0 Å². The van der Waals surface area contributed by atoms with E-state index in [0.717, 1.165) is 35.3 Å². The summed E-state index contributed by atoms with van der Waals surface area (Å²) in [4.78, 5) is 17.2. The number of hydrogen-bond acceptors (Lipinski definition) is 6. The highest BCUT2D eigenvalue weighted by Crippen LogP contribution is 2.18. The highest BCUT2D eigenvalue weighted by Gasteiger charge is 2.03. The van der Waals surface area contributed by atoms with Gasteiger partial charge in [0.25, 0.3) is 0 Å². The fraction of sp³-hybridized carbons (Fsp3) is 0.385. The van der Waals surface area contributed by atoms with Crippen LogP contribution in [0.5, 0.6) is 0 Å². The van der Waals surface area contributed by atoms with E-state index in [2.05, 4.69) is 32.2 Å². The summed E-state index contributed by atoms with van der Waals surface area (Å²) < 4.78 is 0. The van der Waals surface area contributed by atoms with Gasteiger partial charge in [0.1, 0.15) is 16.7 Å². The first-order valence-corrected chi connectivity index (χ1v) is 7.23. The molecule has 0 aliphatic heterocycles. The summed E-state index contributed by atoms with van der Waals surface area (Å²) in [6, 6.07) is 1.96. The number of nitrogens with one attached hydrogen (secondary N) is 1. The van der Waals surface area contributed by atoms with E-state index in [9.17, 15) is 0 Å². The molecule has 0 aliphatic rings. The predicted molar refractivity (Wildman–Crippen MR) is 77.1 cm³/mol. The quantitative estimate of drug-likeness (QED) is 0.818. The Hall–Kier alpha value is -1.69. The Morgan fingerprint density at radius 2 is 2.16 bits per heavy atom. The van der Waals surface area contributed by atoms with Gasteiger partial charge >= 0.3 is 0 Å². The maximum atomic E-state index is 4.49. The third-order valence-electron chi connectivity index (χ3n) is 2.35. The second-order valence-corrected chi connectivity index (χ2v) is 5.07. The minimum Gasteiger partial charge on any atom is -0.370 e. The van der Waals surface area contributed by atoms with Crippen LogP contribution in [-0.4, -0.2) is 26.5 Å². The number of nitrogens with zero attached hydrogens (tertiary/aromatic N) is 4. The van der Waals surface area contributed by atoms with Gasteiger partial charge in [0.05, 0.1) is 11.9 Å². The molecule has 0 fully saturated rings. The van der Waals surface area contributed by atoms with Gasteiger partial charge in [-0.3, -0.25) is 4.98 Å². The fourth-order valence-corrected chi connectivity index (χ4v) is 2.21. The zero-order chi connectivity index (χ0) is 13.5. The lowest BCUT2D eigenvalue weighted by Crippen LogP contribution is -2.05. The molecule has 5 nitrogen and oxygen atoms in total. The number of aryl methyl sites for hydroxylation is 1. The molecule has 6 heteroatoms. The van der Waals surface area contributed by atoms with Crippen LogP contribution in [0.4, 0.5) is 5.82 Å². The van der Waals surface area contributed by atoms with Crippen molar-refractivity contribution in [3.05, 3.63) is 36.2 Å². The molecule has 100 valence electrons. The molecule has 0 unspecified atom stereocenters. The third-order valence-corrected chi connectivity index (χ3v) is 3.25. The molecule has 0 atom stereocenters. The molecule has 2 aromatic rings. The van der Waals surface area contributed by atoms with E-state index in [1.807, 2.05) is 13.0 Å². The SMILES string of the molecule is CCCNc1cc(C)nc(CSc2cnccn2)n1. The second kappa shape index (κ2) is 7.04. The summed E-state index contributed by atoms with van der Waals surface area (Å²) in [6.45, 7) is 5.04. The standard InChI is InChI=1S/C13H17N5S/c1-3-4-15-11-7-10(2)17-12(18-11)9-19-13-8-14-5-6-16-13/h5-8H,3-4,9H2,1-2H3,(H,15,17,18). The van der Waals surface area contributed by atoms with Crippen LogP contribution < -0.4 is 5.32 Å². The van der Waals surface area contributed by atoms with Crippen molar-refractivity contribution >= 4 is 17.6 Å². The Morgan fingerprint density at radius 1 is 1.26 bits per heavy atom. The van der Waals surface area contributed by atoms with Crippen LogP contribution in [0.2, 0.25) is 0 Å². The third kappa shape index (κ3) is 4.48. The lowest BCUT2D eigenvalue weighted by molar-refractivity contribution is 0.939. The number of rotatable bonds is 6. The highest BCUT2D eigenvalue weighted by atomic mass is 32.2. The predicted octanol–water partition coefficient (Wildman–Crippen LogP) is 2.69. The van der Waals surface area contributed by atoms with E-state index in [0.29, 0.717) is 5.75 Å². The van der Waals surface area contributed by atoms with Gasteiger partial charge in [-0.1, -0.05) is 18.7 Å². The molecule has 0 radical (unpaired) electrons. The molecule has 2 aromatic heterocycles. The summed E-state index contributed by atoms with van der Waals surface area (Å²) >= 11 is 1.59. The minimum absolute atomic E-state index is 0.696. The summed E-state index contributed by atoms with van der Waals surface area (Å²) in [5.41, 5.74) is 0.975. The van der Waals surface area contributed by atoms with Crippen LogP contribution in [0.1, 0.15) is 24.9 Å². The van der Waals surface area contributed by atoms with Crippen molar-refractivity contribution in [3.63, 3.8) is 0 Å². The molecular formula is C13H17N5S. The van der Waals surface area contributed by atoms with Crippen LogP contribution in [0, 0.1) is 6.92 Å². The molecule has 2 heterocycles. The highest BCUT2D eigenvalue weighted by molar-refractivity contribution is 7.98. The maximum Gasteiger partial charge on any atom is 0.141 e. The zero-order valence-electron chi connectivity index (χ0n) is 11.1. The van der Waals surface area contributed by atoms with Gasteiger partial charge in [-0.15, -0.1) is 0 Å². The Morgan fingerprint density at radius 3 is 2.89 bits per heavy atom. The van der Waals surface area contributed by atoms with Gasteiger partial charge in [0.2, 0.25) is 0 Å². The number of hydrogen-bond donors (Lipinski definition) is 1. The average Bonchev–Trinajstić information content (AvgIpc) is 2.43. The topological polar surface area (TPSA) is 63.6 Å². The average molecular weight is 275 g/mol.